The lowest BCUT2D eigenvalue weighted by Crippen LogP contribution is -2.05. The molecule has 0 saturated carbocycles. The number of hydrogen-bond acceptors (Lipinski definition) is 4. The van der Waals surface area contributed by atoms with E-state index in [0.29, 0.717) is 0 Å². The van der Waals surface area contributed by atoms with E-state index in [1.807, 2.05) is 0 Å². The standard InChI is InChI=1S/C10H7F2NO3/c1-16-10(15)6-3-8(14)7(9(11)12)2-5(6)4-13/h2-3,9,14H,1H3. The third-order valence-electron chi connectivity index (χ3n) is 1.93. The van der Waals surface area contributed by atoms with Gasteiger partial charge in [-0.15, -0.1) is 0 Å². The van der Waals surface area contributed by atoms with Crippen molar-refractivity contribution >= 4 is 5.97 Å². The van der Waals surface area contributed by atoms with Crippen LogP contribution in [-0.4, -0.2) is 18.2 Å². The summed E-state index contributed by atoms with van der Waals surface area (Å²) in [6, 6.07) is 3.16. The maximum absolute atomic E-state index is 12.4. The van der Waals surface area contributed by atoms with Crippen LogP contribution in [0.2, 0.25) is 0 Å². The Morgan fingerprint density at radius 1 is 1.56 bits per heavy atom. The molecule has 0 atom stereocenters. The Labute approximate surface area is 89.7 Å². The molecular formula is C10H7F2NO3. The van der Waals surface area contributed by atoms with Gasteiger partial charge in [-0.05, 0) is 12.1 Å². The van der Waals surface area contributed by atoms with E-state index in [0.717, 1.165) is 19.2 Å². The number of nitriles is 1. The van der Waals surface area contributed by atoms with Crippen LogP contribution in [0.1, 0.15) is 27.9 Å². The molecule has 1 rings (SSSR count). The Bertz CT molecular complexity index is 466. The molecule has 0 spiro atoms. The van der Waals surface area contributed by atoms with E-state index in [-0.39, 0.29) is 11.1 Å². The molecule has 16 heavy (non-hydrogen) atoms. The highest BCUT2D eigenvalue weighted by Gasteiger charge is 2.20. The third kappa shape index (κ3) is 2.08. The number of aromatic hydroxyl groups is 1. The van der Waals surface area contributed by atoms with Gasteiger partial charge in [0.05, 0.1) is 23.8 Å². The van der Waals surface area contributed by atoms with Crippen molar-refractivity contribution in [3.8, 4) is 11.8 Å². The van der Waals surface area contributed by atoms with Crippen LogP contribution in [0.4, 0.5) is 8.78 Å². The number of ether oxygens (including phenoxy) is 1. The van der Waals surface area contributed by atoms with E-state index in [1.165, 1.54) is 0 Å². The molecule has 0 amide bonds. The predicted molar refractivity (Wildman–Crippen MR) is 49.1 cm³/mol. The van der Waals surface area contributed by atoms with Gasteiger partial charge in [-0.3, -0.25) is 0 Å². The van der Waals surface area contributed by atoms with Crippen LogP contribution in [0.3, 0.4) is 0 Å². The molecule has 1 N–H and O–H groups in total. The number of nitrogens with zero attached hydrogens (tertiary/aromatic N) is 1. The zero-order valence-electron chi connectivity index (χ0n) is 8.20. The van der Waals surface area contributed by atoms with Crippen molar-refractivity contribution in [2.45, 2.75) is 6.43 Å². The quantitative estimate of drug-likeness (QED) is 0.784. The predicted octanol–water partition coefficient (Wildman–Crippen LogP) is 1.99. The number of alkyl halides is 2. The molecule has 0 aliphatic heterocycles. The van der Waals surface area contributed by atoms with E-state index in [9.17, 15) is 18.7 Å². The first-order valence-electron chi connectivity index (χ1n) is 4.14. The monoisotopic (exact) mass is 227 g/mol. The molecule has 6 heteroatoms. The van der Waals surface area contributed by atoms with Crippen molar-refractivity contribution in [1.29, 1.82) is 5.26 Å². The molecule has 1 aromatic carbocycles. The average molecular weight is 227 g/mol. The average Bonchev–Trinajstić information content (AvgIpc) is 2.27. The molecule has 0 radical (unpaired) electrons. The lowest BCUT2D eigenvalue weighted by atomic mass is 10.0. The summed E-state index contributed by atoms with van der Waals surface area (Å²) in [7, 11) is 1.08. The maximum Gasteiger partial charge on any atom is 0.339 e. The van der Waals surface area contributed by atoms with Crippen molar-refractivity contribution in [1.82, 2.24) is 0 Å². The number of carbonyl (C=O) groups excluding carboxylic acids is 1. The molecule has 0 fully saturated rings. The highest BCUT2D eigenvalue weighted by molar-refractivity contribution is 5.92. The molecule has 0 aliphatic rings. The summed E-state index contributed by atoms with van der Waals surface area (Å²) in [6.07, 6.45) is -2.92. The highest BCUT2D eigenvalue weighted by atomic mass is 19.3. The fourth-order valence-electron chi connectivity index (χ4n) is 1.15. The Hall–Kier alpha value is -2.16. The van der Waals surface area contributed by atoms with E-state index in [4.69, 9.17) is 5.26 Å². The van der Waals surface area contributed by atoms with Crippen LogP contribution in [0.5, 0.6) is 5.75 Å². The summed E-state index contributed by atoms with van der Waals surface area (Å²) in [5.41, 5.74) is -1.20. The minimum atomic E-state index is -2.92. The Morgan fingerprint density at radius 3 is 2.62 bits per heavy atom. The third-order valence-corrected chi connectivity index (χ3v) is 1.93. The van der Waals surface area contributed by atoms with Gasteiger partial charge in [-0.1, -0.05) is 0 Å². The van der Waals surface area contributed by atoms with Gasteiger partial charge < -0.3 is 9.84 Å². The van der Waals surface area contributed by atoms with Crippen LogP contribution >= 0.6 is 0 Å². The summed E-state index contributed by atoms with van der Waals surface area (Å²) in [5.74, 6) is -1.61. The van der Waals surface area contributed by atoms with Gasteiger partial charge in [0.15, 0.2) is 0 Å². The minimum absolute atomic E-state index is 0.244. The Kier molecular flexibility index (Phi) is 3.40. The highest BCUT2D eigenvalue weighted by Crippen LogP contribution is 2.31. The Morgan fingerprint density at radius 2 is 2.19 bits per heavy atom. The number of phenolic OH excluding ortho intramolecular Hbond substituents is 1. The van der Waals surface area contributed by atoms with Crippen LogP contribution in [0, 0.1) is 11.3 Å². The van der Waals surface area contributed by atoms with Crippen LogP contribution in [0.15, 0.2) is 12.1 Å². The number of halogens is 2. The normalized spacial score (nSPS) is 9.94. The SMILES string of the molecule is COC(=O)c1cc(O)c(C(F)F)cc1C#N. The maximum atomic E-state index is 12.4. The number of benzene rings is 1. The van der Waals surface area contributed by atoms with Crippen molar-refractivity contribution in [3.63, 3.8) is 0 Å². The number of carbonyl (C=O) groups is 1. The number of hydrogen-bond donors (Lipinski definition) is 1. The van der Waals surface area contributed by atoms with Gasteiger partial charge in [0.1, 0.15) is 11.8 Å². The van der Waals surface area contributed by atoms with E-state index < -0.39 is 23.7 Å². The van der Waals surface area contributed by atoms with Gasteiger partial charge in [-0.25, -0.2) is 13.6 Å². The number of phenols is 1. The zero-order chi connectivity index (χ0) is 12.3. The molecule has 0 heterocycles. The molecule has 0 unspecified atom stereocenters. The number of methoxy groups -OCH3 is 1. The van der Waals surface area contributed by atoms with E-state index in [2.05, 4.69) is 4.74 Å². The molecule has 0 aromatic heterocycles. The molecule has 0 bridgehead atoms. The largest absolute Gasteiger partial charge is 0.507 e. The summed E-state index contributed by atoms with van der Waals surface area (Å²) >= 11 is 0. The summed E-state index contributed by atoms with van der Waals surface area (Å²) < 4.78 is 29.1. The fraction of sp³-hybridized carbons (Fsp3) is 0.200. The van der Waals surface area contributed by atoms with E-state index in [1.54, 1.807) is 6.07 Å². The van der Waals surface area contributed by atoms with Crippen LogP contribution in [0.25, 0.3) is 0 Å². The first-order chi connectivity index (χ1) is 7.51. The first kappa shape index (κ1) is 11.9. The minimum Gasteiger partial charge on any atom is -0.507 e. The number of esters is 1. The fourth-order valence-corrected chi connectivity index (χ4v) is 1.15. The van der Waals surface area contributed by atoms with Gasteiger partial charge in [0, 0.05) is 0 Å². The van der Waals surface area contributed by atoms with Gasteiger partial charge >= 0.3 is 5.97 Å². The van der Waals surface area contributed by atoms with Crippen molar-refractivity contribution in [2.24, 2.45) is 0 Å². The van der Waals surface area contributed by atoms with Gasteiger partial charge in [0.25, 0.3) is 6.43 Å². The second kappa shape index (κ2) is 4.57. The molecule has 84 valence electrons. The molecule has 0 aliphatic carbocycles. The first-order valence-corrected chi connectivity index (χ1v) is 4.14. The smallest absolute Gasteiger partial charge is 0.339 e. The summed E-state index contributed by atoms with van der Waals surface area (Å²) in [4.78, 5) is 11.2. The molecule has 4 nitrogen and oxygen atoms in total. The van der Waals surface area contributed by atoms with Crippen molar-refractivity contribution in [2.75, 3.05) is 7.11 Å². The molecular weight excluding hydrogens is 220 g/mol. The van der Waals surface area contributed by atoms with Crippen molar-refractivity contribution < 1.29 is 23.4 Å². The second-order valence-electron chi connectivity index (χ2n) is 2.86. The van der Waals surface area contributed by atoms with Crippen molar-refractivity contribution in [3.05, 3.63) is 28.8 Å². The molecule has 1 aromatic rings. The summed E-state index contributed by atoms with van der Waals surface area (Å²) in [5, 5.41) is 17.9. The summed E-state index contributed by atoms with van der Waals surface area (Å²) in [6.45, 7) is 0. The second-order valence-corrected chi connectivity index (χ2v) is 2.86. The zero-order valence-corrected chi connectivity index (χ0v) is 8.20. The number of rotatable bonds is 2. The van der Waals surface area contributed by atoms with Gasteiger partial charge in [0.2, 0.25) is 0 Å². The molecule has 0 saturated heterocycles. The lowest BCUT2D eigenvalue weighted by molar-refractivity contribution is 0.0599. The van der Waals surface area contributed by atoms with Crippen LogP contribution < -0.4 is 0 Å². The Balaban J connectivity index is 3.39. The van der Waals surface area contributed by atoms with E-state index >= 15 is 0 Å². The van der Waals surface area contributed by atoms with Gasteiger partial charge in [-0.2, -0.15) is 5.26 Å². The van der Waals surface area contributed by atoms with Crippen LogP contribution in [-0.2, 0) is 4.74 Å². The topological polar surface area (TPSA) is 70.3 Å². The lowest BCUT2D eigenvalue weighted by Gasteiger charge is -2.07.